The molecule has 0 radical (unpaired) electrons. The van der Waals surface area contributed by atoms with Crippen molar-refractivity contribution in [1.29, 1.82) is 0 Å². The maximum absolute atomic E-state index is 13.9. The summed E-state index contributed by atoms with van der Waals surface area (Å²) in [5, 5.41) is 0. The lowest BCUT2D eigenvalue weighted by Crippen LogP contribution is -2.32. The molecule has 2 saturated carbocycles. The lowest BCUT2D eigenvalue weighted by molar-refractivity contribution is -0.371. The molecule has 0 aliphatic heterocycles. The summed E-state index contributed by atoms with van der Waals surface area (Å²) in [5.74, 6) is 6.34. The van der Waals surface area contributed by atoms with Gasteiger partial charge in [0, 0.05) is 24.5 Å². The zero-order valence-electron chi connectivity index (χ0n) is 23.4. The number of ether oxygens (including phenoxy) is 3. The third-order valence-electron chi connectivity index (χ3n) is 7.00. The molecule has 2 aliphatic rings. The van der Waals surface area contributed by atoms with Gasteiger partial charge in [0.25, 0.3) is 0 Å². The minimum absolute atomic E-state index is 0.0194. The molecule has 1 aromatic rings. The Morgan fingerprint density at radius 1 is 1.11 bits per heavy atom. The Labute approximate surface area is 226 Å². The molecule has 2 fully saturated rings. The number of esters is 1. The van der Waals surface area contributed by atoms with Crippen LogP contribution in [0, 0.1) is 29.1 Å². The summed E-state index contributed by atoms with van der Waals surface area (Å²) in [6.07, 6.45) is 11.2. The van der Waals surface area contributed by atoms with Crippen molar-refractivity contribution in [3.63, 3.8) is 0 Å². The van der Waals surface area contributed by atoms with E-state index in [-0.39, 0.29) is 35.4 Å². The van der Waals surface area contributed by atoms with E-state index in [1.165, 1.54) is 24.9 Å². The van der Waals surface area contributed by atoms with Crippen LogP contribution in [0.1, 0.15) is 100 Å². The number of methoxy groups -OCH3 is 2. The van der Waals surface area contributed by atoms with Crippen LogP contribution in [0.25, 0.3) is 0 Å². The van der Waals surface area contributed by atoms with Gasteiger partial charge in [-0.1, -0.05) is 31.1 Å². The lowest BCUT2D eigenvalue weighted by Gasteiger charge is -2.28. The molecule has 2 aliphatic carbocycles. The molecule has 1 atom stereocenters. The Morgan fingerprint density at radius 3 is 2.38 bits per heavy atom. The van der Waals surface area contributed by atoms with E-state index in [1.807, 2.05) is 13.0 Å². The van der Waals surface area contributed by atoms with Crippen molar-refractivity contribution in [1.82, 2.24) is 0 Å². The summed E-state index contributed by atoms with van der Waals surface area (Å²) in [4.78, 5) is 27.9. The Morgan fingerprint density at radius 2 is 1.78 bits per heavy atom. The zero-order valence-corrected chi connectivity index (χ0v) is 24.2. The van der Waals surface area contributed by atoms with Crippen LogP contribution in [0.2, 0.25) is 0 Å². The molecule has 37 heavy (non-hydrogen) atoms. The number of amides is 1. The number of carbonyl (C=O) groups excluding carboxylic acids is 2. The van der Waals surface area contributed by atoms with E-state index in [4.69, 9.17) is 14.2 Å². The number of carbonyl (C=O) groups is 2. The van der Waals surface area contributed by atoms with E-state index in [9.17, 15) is 9.59 Å². The predicted molar refractivity (Wildman–Crippen MR) is 148 cm³/mol. The Kier molecular flexibility index (Phi) is 10.9. The van der Waals surface area contributed by atoms with E-state index in [2.05, 4.69) is 38.8 Å². The molecule has 0 bridgehead atoms. The van der Waals surface area contributed by atoms with Crippen molar-refractivity contribution in [3.8, 4) is 11.8 Å². The summed E-state index contributed by atoms with van der Waals surface area (Å²) in [6, 6.07) is 1.90. The maximum atomic E-state index is 13.9. The maximum Gasteiger partial charge on any atom is 0.395 e. The van der Waals surface area contributed by atoms with Crippen LogP contribution in [0.5, 0.6) is 0 Å². The van der Waals surface area contributed by atoms with Gasteiger partial charge >= 0.3 is 11.9 Å². The predicted octanol–water partition coefficient (Wildman–Crippen LogP) is 6.36. The quantitative estimate of drug-likeness (QED) is 0.169. The second kappa shape index (κ2) is 13.7. The van der Waals surface area contributed by atoms with Crippen molar-refractivity contribution in [2.75, 3.05) is 20.8 Å². The molecule has 3 rings (SSSR count). The molecule has 0 saturated heterocycles. The fourth-order valence-electron chi connectivity index (χ4n) is 5.12. The molecule has 6 nitrogen and oxygen atoms in total. The molecule has 204 valence electrons. The molecule has 0 aromatic carbocycles. The van der Waals surface area contributed by atoms with Gasteiger partial charge in [-0.3, -0.25) is 0 Å². The minimum atomic E-state index is -0.428. The van der Waals surface area contributed by atoms with Crippen molar-refractivity contribution in [2.45, 2.75) is 97.7 Å². The molecular formula is C30H44NO5S+. The minimum Gasteiger partial charge on any atom is -0.465 e. The molecule has 0 spiro atoms. The average molecular weight is 531 g/mol. The highest BCUT2D eigenvalue weighted by molar-refractivity contribution is 7.15. The molecule has 1 heterocycles. The van der Waals surface area contributed by atoms with Crippen LogP contribution in [0.4, 0.5) is 5.69 Å². The highest BCUT2D eigenvalue weighted by Crippen LogP contribution is 2.34. The summed E-state index contributed by atoms with van der Waals surface area (Å²) in [5.41, 5.74) is 0.443. The SMILES string of the molecule is COCC(C)OC1CCC(C=[N+](C(=O)C2CCCCC2)c2cc(C#CC(C)(C)C)sc2C(=O)OC)CC1. The zero-order chi connectivity index (χ0) is 27.0. The first-order valence-corrected chi connectivity index (χ1v) is 14.5. The van der Waals surface area contributed by atoms with Gasteiger partial charge < -0.3 is 14.2 Å². The van der Waals surface area contributed by atoms with Gasteiger partial charge in [-0.25, -0.2) is 9.59 Å². The molecule has 1 aromatic heterocycles. The van der Waals surface area contributed by atoms with Crippen LogP contribution in [-0.4, -0.2) is 55.7 Å². The first-order chi connectivity index (χ1) is 17.6. The highest BCUT2D eigenvalue weighted by Gasteiger charge is 2.37. The van der Waals surface area contributed by atoms with Crippen molar-refractivity contribution >= 4 is 35.1 Å². The van der Waals surface area contributed by atoms with Crippen LogP contribution < -0.4 is 0 Å². The number of rotatable bonds is 8. The molecule has 0 N–H and O–H groups in total. The van der Waals surface area contributed by atoms with Gasteiger partial charge in [0.15, 0.2) is 11.1 Å². The largest absolute Gasteiger partial charge is 0.465 e. The highest BCUT2D eigenvalue weighted by atomic mass is 32.1. The van der Waals surface area contributed by atoms with Crippen molar-refractivity contribution in [3.05, 3.63) is 15.8 Å². The summed E-state index contributed by atoms with van der Waals surface area (Å²) < 4.78 is 18.2. The summed E-state index contributed by atoms with van der Waals surface area (Å²) in [6.45, 7) is 8.79. The van der Waals surface area contributed by atoms with E-state index in [0.717, 1.165) is 56.2 Å². The van der Waals surface area contributed by atoms with Crippen molar-refractivity contribution < 1.29 is 28.4 Å². The van der Waals surface area contributed by atoms with Gasteiger partial charge in [-0.05, 0) is 66.2 Å². The van der Waals surface area contributed by atoms with Gasteiger partial charge in [0.1, 0.15) is 0 Å². The average Bonchev–Trinajstić information content (AvgIpc) is 3.30. The van der Waals surface area contributed by atoms with Crippen LogP contribution >= 0.6 is 11.3 Å². The number of hydrogen-bond donors (Lipinski definition) is 0. The van der Waals surface area contributed by atoms with Gasteiger partial charge in [-0.15, -0.1) is 15.9 Å². The van der Waals surface area contributed by atoms with E-state index in [0.29, 0.717) is 17.2 Å². The standard InChI is InChI=1S/C30H44NO5S/c1-21(20-34-5)36-24-14-12-22(13-15-24)19-31(28(32)23-10-8-7-9-11-23)26-18-25(16-17-30(2,3)4)37-27(26)29(33)35-6/h18-19,21-24H,7-15,20H2,1-6H3/q+1. The topological polar surface area (TPSA) is 64.8 Å². The van der Waals surface area contributed by atoms with Crippen LogP contribution in [0.3, 0.4) is 0 Å². The molecular weight excluding hydrogens is 486 g/mol. The lowest BCUT2D eigenvalue weighted by atomic mass is 9.86. The van der Waals surface area contributed by atoms with Crippen LogP contribution in [-0.2, 0) is 19.0 Å². The third-order valence-corrected chi connectivity index (χ3v) is 8.02. The number of hydrogen-bond acceptors (Lipinski definition) is 6. The second-order valence-electron chi connectivity index (χ2n) is 11.4. The first-order valence-electron chi connectivity index (χ1n) is 13.7. The van der Waals surface area contributed by atoms with Gasteiger partial charge in [0.05, 0.1) is 36.7 Å². The van der Waals surface area contributed by atoms with E-state index in [1.54, 1.807) is 11.7 Å². The monoisotopic (exact) mass is 530 g/mol. The second-order valence-corrected chi connectivity index (χ2v) is 12.5. The summed E-state index contributed by atoms with van der Waals surface area (Å²) in [7, 11) is 3.08. The van der Waals surface area contributed by atoms with Gasteiger partial charge in [-0.2, -0.15) is 0 Å². The third kappa shape index (κ3) is 8.77. The number of nitrogens with zero attached hydrogens (tertiary/aromatic N) is 1. The van der Waals surface area contributed by atoms with Crippen molar-refractivity contribution in [2.24, 2.45) is 17.3 Å². The Hall–Kier alpha value is -2.01. The summed E-state index contributed by atoms with van der Waals surface area (Å²) >= 11 is 1.31. The van der Waals surface area contributed by atoms with Gasteiger partial charge in [0.2, 0.25) is 5.69 Å². The fourth-order valence-corrected chi connectivity index (χ4v) is 6.04. The smallest absolute Gasteiger partial charge is 0.395 e. The fraction of sp³-hybridized carbons (Fsp3) is 0.700. The van der Waals surface area contributed by atoms with E-state index < -0.39 is 5.97 Å². The van der Waals surface area contributed by atoms with E-state index >= 15 is 0 Å². The Bertz CT molecular complexity index is 1010. The molecule has 1 unspecified atom stereocenters. The molecule has 7 heteroatoms. The first kappa shape index (κ1) is 29.5. The Balaban J connectivity index is 1.93. The normalized spacial score (nSPS) is 22.2. The number of thiophene rings is 1. The molecule has 1 amide bonds. The van der Waals surface area contributed by atoms with Crippen LogP contribution in [0.15, 0.2) is 6.07 Å².